The Kier molecular flexibility index (Phi) is 4.71. The van der Waals surface area contributed by atoms with Crippen molar-refractivity contribution in [3.63, 3.8) is 0 Å². The Labute approximate surface area is 140 Å². The summed E-state index contributed by atoms with van der Waals surface area (Å²) in [5.74, 6) is 0.977. The van der Waals surface area contributed by atoms with Crippen molar-refractivity contribution in [2.75, 3.05) is 13.2 Å². The first-order chi connectivity index (χ1) is 11.1. The van der Waals surface area contributed by atoms with Crippen LogP contribution in [0.5, 0.6) is 0 Å². The highest BCUT2D eigenvalue weighted by Gasteiger charge is 2.15. The van der Waals surface area contributed by atoms with E-state index in [0.29, 0.717) is 19.6 Å². The number of aryl methyl sites for hydroxylation is 2. The van der Waals surface area contributed by atoms with Gasteiger partial charge in [-0.2, -0.15) is 0 Å². The van der Waals surface area contributed by atoms with Gasteiger partial charge in [-0.3, -0.25) is 4.90 Å². The first-order valence-corrected chi connectivity index (χ1v) is 8.03. The number of benzene rings is 1. The average Bonchev–Trinajstić information content (AvgIpc) is 3.06. The smallest absolute Gasteiger partial charge is 0.122 e. The van der Waals surface area contributed by atoms with Crippen LogP contribution in [-0.2, 0) is 20.1 Å². The molecule has 0 saturated carbocycles. The number of aromatic amines is 1. The van der Waals surface area contributed by atoms with E-state index >= 15 is 0 Å². The lowest BCUT2D eigenvalue weighted by Gasteiger charge is -2.20. The number of aliphatic hydroxyl groups is 1. The van der Waals surface area contributed by atoms with Crippen LogP contribution in [0.3, 0.4) is 0 Å². The molecule has 2 aromatic heterocycles. The molecule has 2 heterocycles. The molecular formula is C17H21ClN4O. The molecule has 0 radical (unpaired) electrons. The highest BCUT2D eigenvalue weighted by molar-refractivity contribution is 6.35. The van der Waals surface area contributed by atoms with Gasteiger partial charge in [0.1, 0.15) is 5.82 Å². The maximum Gasteiger partial charge on any atom is 0.122 e. The van der Waals surface area contributed by atoms with Crippen molar-refractivity contribution >= 4 is 22.5 Å². The Bertz CT molecular complexity index is 808. The highest BCUT2D eigenvalue weighted by atomic mass is 35.5. The zero-order chi connectivity index (χ0) is 16.4. The summed E-state index contributed by atoms with van der Waals surface area (Å²) in [5.41, 5.74) is 3.30. The van der Waals surface area contributed by atoms with E-state index in [1.807, 2.05) is 29.9 Å². The van der Waals surface area contributed by atoms with Crippen LogP contribution in [0, 0.1) is 6.92 Å². The molecule has 6 heteroatoms. The van der Waals surface area contributed by atoms with Gasteiger partial charge in [-0.25, -0.2) is 4.98 Å². The summed E-state index contributed by atoms with van der Waals surface area (Å²) in [6.07, 6.45) is 3.72. The first kappa shape index (κ1) is 16.1. The quantitative estimate of drug-likeness (QED) is 0.729. The van der Waals surface area contributed by atoms with Crippen LogP contribution in [0.25, 0.3) is 10.9 Å². The molecule has 0 aliphatic heterocycles. The largest absolute Gasteiger partial charge is 0.395 e. The summed E-state index contributed by atoms with van der Waals surface area (Å²) in [5, 5.41) is 11.2. The third-order valence-electron chi connectivity index (χ3n) is 4.23. The predicted molar refractivity (Wildman–Crippen MR) is 92.5 cm³/mol. The molecule has 0 saturated heterocycles. The first-order valence-electron chi connectivity index (χ1n) is 7.65. The minimum atomic E-state index is 0.116. The van der Waals surface area contributed by atoms with Crippen molar-refractivity contribution in [1.82, 2.24) is 19.4 Å². The van der Waals surface area contributed by atoms with E-state index < -0.39 is 0 Å². The van der Waals surface area contributed by atoms with Crippen LogP contribution in [-0.4, -0.2) is 37.7 Å². The third-order valence-corrected chi connectivity index (χ3v) is 4.55. The van der Waals surface area contributed by atoms with E-state index in [9.17, 15) is 5.11 Å². The lowest BCUT2D eigenvalue weighted by molar-refractivity contribution is 0.178. The molecule has 0 aliphatic carbocycles. The fourth-order valence-corrected chi connectivity index (χ4v) is 3.08. The number of imidazole rings is 1. The van der Waals surface area contributed by atoms with E-state index in [-0.39, 0.29) is 6.61 Å². The second kappa shape index (κ2) is 6.74. The Hall–Kier alpha value is -1.82. The van der Waals surface area contributed by atoms with E-state index in [4.69, 9.17) is 11.6 Å². The van der Waals surface area contributed by atoms with E-state index in [2.05, 4.69) is 27.9 Å². The van der Waals surface area contributed by atoms with Gasteiger partial charge in [0.25, 0.3) is 0 Å². The number of para-hydroxylation sites is 1. The summed E-state index contributed by atoms with van der Waals surface area (Å²) >= 11 is 6.28. The van der Waals surface area contributed by atoms with Crippen molar-refractivity contribution < 1.29 is 5.11 Å². The van der Waals surface area contributed by atoms with Crippen LogP contribution in [0.1, 0.15) is 17.1 Å². The molecule has 0 fully saturated rings. The second-order valence-electron chi connectivity index (χ2n) is 5.78. The summed E-state index contributed by atoms with van der Waals surface area (Å²) in [6.45, 7) is 4.21. The minimum absolute atomic E-state index is 0.116. The fraction of sp³-hybridized carbons (Fsp3) is 0.353. The SMILES string of the molecule is Cc1c(CN(CCO)Cc2nccn2C)[nH]c2c(Cl)cccc12. The van der Waals surface area contributed by atoms with Gasteiger partial charge in [0.15, 0.2) is 0 Å². The molecule has 0 amide bonds. The molecule has 3 rings (SSSR count). The Morgan fingerprint density at radius 3 is 2.83 bits per heavy atom. The van der Waals surface area contributed by atoms with Crippen LogP contribution in [0.4, 0.5) is 0 Å². The molecule has 122 valence electrons. The number of aromatic nitrogens is 3. The monoisotopic (exact) mass is 332 g/mol. The van der Waals surface area contributed by atoms with Crippen LogP contribution >= 0.6 is 11.6 Å². The lowest BCUT2D eigenvalue weighted by atomic mass is 10.1. The van der Waals surface area contributed by atoms with Gasteiger partial charge in [-0.15, -0.1) is 0 Å². The normalized spacial score (nSPS) is 11.7. The minimum Gasteiger partial charge on any atom is -0.395 e. The van der Waals surface area contributed by atoms with Crippen molar-refractivity contribution in [3.8, 4) is 0 Å². The number of halogens is 1. The van der Waals surface area contributed by atoms with Crippen molar-refractivity contribution in [3.05, 3.63) is 52.7 Å². The van der Waals surface area contributed by atoms with Gasteiger partial charge in [-0.1, -0.05) is 23.7 Å². The van der Waals surface area contributed by atoms with Crippen LogP contribution < -0.4 is 0 Å². The van der Waals surface area contributed by atoms with E-state index in [0.717, 1.165) is 27.4 Å². The summed E-state index contributed by atoms with van der Waals surface area (Å²) in [6, 6.07) is 5.93. The molecule has 2 N–H and O–H groups in total. The molecule has 0 unspecified atom stereocenters. The third kappa shape index (κ3) is 3.27. The number of hydrogen-bond acceptors (Lipinski definition) is 3. The van der Waals surface area contributed by atoms with Gasteiger partial charge in [0, 0.05) is 43.6 Å². The Balaban J connectivity index is 1.87. The van der Waals surface area contributed by atoms with Crippen molar-refractivity contribution in [2.24, 2.45) is 7.05 Å². The Morgan fingerprint density at radius 2 is 2.17 bits per heavy atom. The number of aliphatic hydroxyl groups excluding tert-OH is 1. The maximum absolute atomic E-state index is 9.37. The van der Waals surface area contributed by atoms with Crippen molar-refractivity contribution in [1.29, 1.82) is 0 Å². The maximum atomic E-state index is 9.37. The fourth-order valence-electron chi connectivity index (χ4n) is 2.86. The zero-order valence-corrected chi connectivity index (χ0v) is 14.1. The highest BCUT2D eigenvalue weighted by Crippen LogP contribution is 2.28. The molecule has 0 atom stereocenters. The molecular weight excluding hydrogens is 312 g/mol. The summed E-state index contributed by atoms with van der Waals surface area (Å²) in [4.78, 5) is 9.97. The number of fused-ring (bicyclic) bond motifs is 1. The van der Waals surface area contributed by atoms with Gasteiger partial charge >= 0.3 is 0 Å². The van der Waals surface area contributed by atoms with Crippen LogP contribution in [0.2, 0.25) is 5.02 Å². The number of rotatable bonds is 6. The van der Waals surface area contributed by atoms with E-state index in [1.54, 1.807) is 6.20 Å². The molecule has 1 aromatic carbocycles. The number of hydrogen-bond donors (Lipinski definition) is 2. The topological polar surface area (TPSA) is 57.1 Å². The zero-order valence-electron chi connectivity index (χ0n) is 13.4. The van der Waals surface area contributed by atoms with Crippen LogP contribution in [0.15, 0.2) is 30.6 Å². The van der Waals surface area contributed by atoms with E-state index in [1.165, 1.54) is 5.56 Å². The lowest BCUT2D eigenvalue weighted by Crippen LogP contribution is -2.27. The summed E-state index contributed by atoms with van der Waals surface area (Å²) in [7, 11) is 1.98. The number of nitrogens with one attached hydrogen (secondary N) is 1. The summed E-state index contributed by atoms with van der Waals surface area (Å²) < 4.78 is 2.00. The number of nitrogens with zero attached hydrogens (tertiary/aromatic N) is 3. The number of H-pyrrole nitrogens is 1. The average molecular weight is 333 g/mol. The van der Waals surface area contributed by atoms with Crippen molar-refractivity contribution in [2.45, 2.75) is 20.0 Å². The molecule has 5 nitrogen and oxygen atoms in total. The van der Waals surface area contributed by atoms with Gasteiger partial charge in [0.2, 0.25) is 0 Å². The van der Waals surface area contributed by atoms with Gasteiger partial charge < -0.3 is 14.7 Å². The standard InChI is InChI=1S/C17H21ClN4O/c1-12-13-4-3-5-14(18)17(13)20-15(12)10-22(8-9-23)11-16-19-6-7-21(16)2/h3-7,20,23H,8-11H2,1-2H3. The molecule has 0 aliphatic rings. The van der Waals surface area contributed by atoms with Gasteiger partial charge in [0.05, 0.1) is 23.7 Å². The molecule has 23 heavy (non-hydrogen) atoms. The molecule has 0 spiro atoms. The Morgan fingerprint density at radius 1 is 1.35 bits per heavy atom. The molecule has 3 aromatic rings. The molecule has 0 bridgehead atoms. The predicted octanol–water partition coefficient (Wildman–Crippen LogP) is 2.86. The van der Waals surface area contributed by atoms with Gasteiger partial charge in [-0.05, 0) is 18.6 Å². The second-order valence-corrected chi connectivity index (χ2v) is 6.19.